The van der Waals surface area contributed by atoms with Crippen LogP contribution in [0.5, 0.6) is 0 Å². The molecule has 1 aromatic rings. The van der Waals surface area contributed by atoms with Gasteiger partial charge in [-0.1, -0.05) is 12.1 Å². The maximum atomic E-state index is 5.50. The lowest BCUT2D eigenvalue weighted by molar-refractivity contribution is 1.54. The molecule has 0 unspecified atom stereocenters. The number of benzene rings is 1. The van der Waals surface area contributed by atoms with Gasteiger partial charge in [-0.2, -0.15) is 0 Å². The molecular weight excluding hydrogens is 110 g/mol. The molecule has 0 aliphatic carbocycles. The highest BCUT2D eigenvalue weighted by Gasteiger charge is 1.89. The molecule has 0 aromatic heterocycles. The Labute approximate surface area is 55.5 Å². The number of hydrogen-bond donors (Lipinski definition) is 1. The summed E-state index contributed by atoms with van der Waals surface area (Å²) in [6.45, 7) is 7.44. The van der Waals surface area contributed by atoms with Crippen LogP contribution in [0.1, 0.15) is 11.1 Å². The smallest absolute Gasteiger partial charge is 0.0346 e. The van der Waals surface area contributed by atoms with Crippen LogP contribution < -0.4 is 5.73 Å². The molecule has 1 heteroatoms. The fourth-order valence-corrected chi connectivity index (χ4v) is 0.659. The van der Waals surface area contributed by atoms with Gasteiger partial charge in [0.25, 0.3) is 0 Å². The summed E-state index contributed by atoms with van der Waals surface area (Å²) in [7, 11) is 0. The molecule has 0 heterocycles. The van der Waals surface area contributed by atoms with Gasteiger partial charge < -0.3 is 5.73 Å². The first-order valence-electron chi connectivity index (χ1n) is 2.73. The third-order valence-corrected chi connectivity index (χ3v) is 1.21. The van der Waals surface area contributed by atoms with Crippen molar-refractivity contribution in [2.75, 3.05) is 5.73 Å². The van der Waals surface area contributed by atoms with Crippen molar-refractivity contribution < 1.29 is 0 Å². The molecule has 0 saturated heterocycles. The Morgan fingerprint density at radius 3 is 2.33 bits per heavy atom. The highest BCUT2D eigenvalue weighted by atomic mass is 14.5. The van der Waals surface area contributed by atoms with Gasteiger partial charge >= 0.3 is 0 Å². The Balaban J connectivity index is 3.17. The summed E-state index contributed by atoms with van der Waals surface area (Å²) < 4.78 is 0. The Morgan fingerprint density at radius 1 is 1.22 bits per heavy atom. The number of nitrogens with two attached hydrogens (primary N) is 1. The van der Waals surface area contributed by atoms with Gasteiger partial charge in [-0.3, -0.25) is 0 Å². The molecule has 0 aliphatic rings. The first-order valence-corrected chi connectivity index (χ1v) is 2.73. The van der Waals surface area contributed by atoms with Crippen molar-refractivity contribution >= 4 is 5.69 Å². The zero-order valence-electron chi connectivity index (χ0n) is 5.22. The fourth-order valence-electron chi connectivity index (χ4n) is 0.659. The molecule has 2 N–H and O–H groups in total. The van der Waals surface area contributed by atoms with E-state index in [1.165, 1.54) is 0 Å². The average Bonchev–Trinajstić information content (AvgIpc) is 1.80. The van der Waals surface area contributed by atoms with Crippen LogP contribution in [-0.4, -0.2) is 0 Å². The highest BCUT2D eigenvalue weighted by Crippen LogP contribution is 2.10. The molecule has 0 saturated carbocycles. The molecule has 1 nitrogen and oxygen atoms in total. The van der Waals surface area contributed by atoms with E-state index in [0.29, 0.717) is 0 Å². The molecule has 2 radical (unpaired) electrons. The van der Waals surface area contributed by atoms with Crippen molar-refractivity contribution in [2.24, 2.45) is 0 Å². The molecule has 0 aliphatic heterocycles. The van der Waals surface area contributed by atoms with Crippen LogP contribution in [0, 0.1) is 13.8 Å². The van der Waals surface area contributed by atoms with E-state index in [-0.39, 0.29) is 0 Å². The third kappa shape index (κ3) is 1.22. The molecule has 0 atom stereocenters. The van der Waals surface area contributed by atoms with E-state index in [9.17, 15) is 0 Å². The minimum atomic E-state index is 0.724. The molecule has 1 aromatic carbocycles. The van der Waals surface area contributed by atoms with Crippen molar-refractivity contribution in [2.45, 2.75) is 0 Å². The van der Waals surface area contributed by atoms with E-state index in [0.717, 1.165) is 16.8 Å². The van der Waals surface area contributed by atoms with Gasteiger partial charge in [-0.25, -0.2) is 0 Å². The van der Waals surface area contributed by atoms with Crippen LogP contribution >= 0.6 is 0 Å². The maximum absolute atomic E-state index is 5.50. The van der Waals surface area contributed by atoms with Crippen molar-refractivity contribution in [1.29, 1.82) is 0 Å². The minimum Gasteiger partial charge on any atom is -0.399 e. The fraction of sp³-hybridized carbons (Fsp3) is 0. The molecule has 1 rings (SSSR count). The Kier molecular flexibility index (Phi) is 1.43. The van der Waals surface area contributed by atoms with Gasteiger partial charge in [-0.15, -0.1) is 0 Å². The number of hydrogen-bond acceptors (Lipinski definition) is 1. The van der Waals surface area contributed by atoms with E-state index < -0.39 is 0 Å². The summed E-state index contributed by atoms with van der Waals surface area (Å²) in [5.74, 6) is 0. The first-order chi connectivity index (χ1) is 4.20. The zero-order chi connectivity index (χ0) is 6.85. The summed E-state index contributed by atoms with van der Waals surface area (Å²) in [6, 6.07) is 5.53. The topological polar surface area (TPSA) is 26.0 Å². The van der Waals surface area contributed by atoms with Crippen molar-refractivity contribution in [1.82, 2.24) is 0 Å². The Bertz CT molecular complexity index is 216. The summed E-state index contributed by atoms with van der Waals surface area (Å²) in [5.41, 5.74) is 8.03. The predicted octanol–water partition coefficient (Wildman–Crippen LogP) is 1.63. The van der Waals surface area contributed by atoms with Gasteiger partial charge in [0.05, 0.1) is 0 Å². The molecule has 9 heavy (non-hydrogen) atoms. The van der Waals surface area contributed by atoms with Gasteiger partial charge in [0.15, 0.2) is 0 Å². The number of nitrogen functional groups attached to an aromatic ring is 1. The van der Waals surface area contributed by atoms with Gasteiger partial charge in [-0.05, 0) is 31.0 Å². The zero-order valence-corrected chi connectivity index (χ0v) is 5.22. The van der Waals surface area contributed by atoms with Crippen LogP contribution in [0.4, 0.5) is 5.69 Å². The quantitative estimate of drug-likeness (QED) is 0.516. The average molecular weight is 119 g/mol. The Morgan fingerprint density at radius 2 is 1.89 bits per heavy atom. The van der Waals surface area contributed by atoms with Gasteiger partial charge in [0, 0.05) is 5.69 Å². The van der Waals surface area contributed by atoms with Crippen molar-refractivity contribution in [3.8, 4) is 0 Å². The molecular formula is C8H9N. The largest absolute Gasteiger partial charge is 0.399 e. The lowest BCUT2D eigenvalue weighted by Crippen LogP contribution is -1.88. The van der Waals surface area contributed by atoms with Crippen LogP contribution in [0.3, 0.4) is 0 Å². The molecule has 0 fully saturated rings. The van der Waals surface area contributed by atoms with E-state index in [4.69, 9.17) is 5.73 Å². The van der Waals surface area contributed by atoms with Gasteiger partial charge in [0.1, 0.15) is 0 Å². The lowest BCUT2D eigenvalue weighted by Gasteiger charge is -1.98. The monoisotopic (exact) mass is 119 g/mol. The van der Waals surface area contributed by atoms with Gasteiger partial charge in [0.2, 0.25) is 0 Å². The van der Waals surface area contributed by atoms with E-state index in [1.807, 2.05) is 18.2 Å². The number of anilines is 1. The third-order valence-electron chi connectivity index (χ3n) is 1.21. The van der Waals surface area contributed by atoms with Crippen LogP contribution in [-0.2, 0) is 0 Å². The van der Waals surface area contributed by atoms with Crippen LogP contribution in [0.2, 0.25) is 0 Å². The number of rotatable bonds is 0. The van der Waals surface area contributed by atoms with Crippen LogP contribution in [0.15, 0.2) is 18.2 Å². The summed E-state index contributed by atoms with van der Waals surface area (Å²) in [4.78, 5) is 0. The molecule has 0 amide bonds. The van der Waals surface area contributed by atoms with Crippen LogP contribution in [0.25, 0.3) is 0 Å². The summed E-state index contributed by atoms with van der Waals surface area (Å²) >= 11 is 0. The highest BCUT2D eigenvalue weighted by molar-refractivity contribution is 5.50. The minimum absolute atomic E-state index is 0.724. The normalized spacial score (nSPS) is 9.56. The predicted molar refractivity (Wildman–Crippen MR) is 39.8 cm³/mol. The lowest BCUT2D eigenvalue weighted by atomic mass is 10.1. The maximum Gasteiger partial charge on any atom is 0.0346 e. The molecule has 46 valence electrons. The first kappa shape index (κ1) is 6.14. The standard InChI is InChI=1S/C8H9N/c1-6-3-4-8(9)7(2)5-6/h3-5H,1-2,9H2. The van der Waals surface area contributed by atoms with E-state index >= 15 is 0 Å². The molecule has 0 bridgehead atoms. The SMILES string of the molecule is [CH2]c1ccc(N)c([CH2])c1. The summed E-state index contributed by atoms with van der Waals surface area (Å²) in [5, 5.41) is 0. The second-order valence-corrected chi connectivity index (χ2v) is 2.03. The second kappa shape index (κ2) is 2.09. The van der Waals surface area contributed by atoms with E-state index in [2.05, 4.69) is 13.8 Å². The Hall–Kier alpha value is -0.980. The molecule has 0 spiro atoms. The summed E-state index contributed by atoms with van der Waals surface area (Å²) in [6.07, 6.45) is 0. The van der Waals surface area contributed by atoms with E-state index in [1.54, 1.807) is 0 Å². The van der Waals surface area contributed by atoms with Crippen molar-refractivity contribution in [3.05, 3.63) is 43.2 Å². The second-order valence-electron chi connectivity index (χ2n) is 2.03. The van der Waals surface area contributed by atoms with Crippen molar-refractivity contribution in [3.63, 3.8) is 0 Å².